The van der Waals surface area contributed by atoms with E-state index in [-0.39, 0.29) is 16.3 Å². The predicted molar refractivity (Wildman–Crippen MR) is 109 cm³/mol. The number of hydrogen-bond acceptors (Lipinski definition) is 4. The molecule has 1 N–H and O–H groups in total. The number of rotatable bonds is 6. The molecule has 1 aliphatic heterocycles. The second-order valence-electron chi connectivity index (χ2n) is 7.17. The molecule has 8 heteroatoms. The quantitative estimate of drug-likeness (QED) is 0.776. The Morgan fingerprint density at radius 2 is 1.57 bits per heavy atom. The van der Waals surface area contributed by atoms with Crippen LogP contribution >= 0.6 is 0 Å². The monoisotopic (exact) mass is 422 g/mol. The first-order valence-corrected chi connectivity index (χ1v) is 12.3. The van der Waals surface area contributed by atoms with Gasteiger partial charge in [-0.25, -0.2) is 21.6 Å². The van der Waals surface area contributed by atoms with Crippen molar-refractivity contribution in [3.63, 3.8) is 0 Å². The van der Waals surface area contributed by atoms with E-state index in [1.165, 1.54) is 4.31 Å². The van der Waals surface area contributed by atoms with Crippen molar-refractivity contribution in [3.8, 4) is 0 Å². The Hall–Kier alpha value is -1.74. The first kappa shape index (κ1) is 21.0. The van der Waals surface area contributed by atoms with Gasteiger partial charge in [-0.3, -0.25) is 0 Å². The molecule has 0 aromatic heterocycles. The van der Waals surface area contributed by atoms with Crippen LogP contribution in [0.4, 0.5) is 0 Å². The maximum Gasteiger partial charge on any atom is 0.243 e. The lowest BCUT2D eigenvalue weighted by Crippen LogP contribution is -2.36. The van der Waals surface area contributed by atoms with Gasteiger partial charge in [0, 0.05) is 19.6 Å². The van der Waals surface area contributed by atoms with Gasteiger partial charge in [0.15, 0.2) is 0 Å². The van der Waals surface area contributed by atoms with E-state index in [0.717, 1.165) is 24.8 Å². The minimum absolute atomic E-state index is 0.0844. The summed E-state index contributed by atoms with van der Waals surface area (Å²) in [6.07, 6.45) is 2.73. The van der Waals surface area contributed by atoms with E-state index in [1.54, 1.807) is 43.3 Å². The third kappa shape index (κ3) is 4.46. The molecule has 3 rings (SSSR count). The summed E-state index contributed by atoms with van der Waals surface area (Å²) in [5, 5.41) is 0. The molecular weight excluding hydrogens is 396 g/mol. The molecule has 0 saturated carbocycles. The molecule has 28 heavy (non-hydrogen) atoms. The first-order valence-electron chi connectivity index (χ1n) is 9.37. The highest BCUT2D eigenvalue weighted by Crippen LogP contribution is 2.24. The number of aryl methyl sites for hydroxylation is 2. The van der Waals surface area contributed by atoms with Gasteiger partial charge in [0.1, 0.15) is 0 Å². The average Bonchev–Trinajstić information content (AvgIpc) is 2.69. The molecule has 152 valence electrons. The molecule has 1 saturated heterocycles. The van der Waals surface area contributed by atoms with Gasteiger partial charge in [-0.2, -0.15) is 4.31 Å². The van der Waals surface area contributed by atoms with Gasteiger partial charge in [-0.1, -0.05) is 36.8 Å². The van der Waals surface area contributed by atoms with Crippen molar-refractivity contribution in [3.05, 3.63) is 59.2 Å². The van der Waals surface area contributed by atoms with Gasteiger partial charge >= 0.3 is 0 Å². The summed E-state index contributed by atoms with van der Waals surface area (Å²) < 4.78 is 55.7. The topological polar surface area (TPSA) is 83.5 Å². The minimum atomic E-state index is -3.76. The van der Waals surface area contributed by atoms with Crippen LogP contribution < -0.4 is 4.72 Å². The van der Waals surface area contributed by atoms with Crippen LogP contribution in [-0.2, 0) is 26.6 Å². The van der Waals surface area contributed by atoms with E-state index in [1.807, 2.05) is 13.0 Å². The molecule has 0 amide bonds. The first-order chi connectivity index (χ1) is 13.2. The third-order valence-electron chi connectivity index (χ3n) is 4.99. The molecule has 0 bridgehead atoms. The van der Waals surface area contributed by atoms with Crippen LogP contribution in [0.3, 0.4) is 0 Å². The Morgan fingerprint density at radius 1 is 0.893 bits per heavy atom. The Kier molecular flexibility index (Phi) is 6.24. The summed E-state index contributed by atoms with van der Waals surface area (Å²) in [6.45, 7) is 4.50. The van der Waals surface area contributed by atoms with Gasteiger partial charge in [0.25, 0.3) is 0 Å². The number of piperidine rings is 1. The number of hydrogen-bond donors (Lipinski definition) is 1. The van der Waals surface area contributed by atoms with Crippen LogP contribution in [0.15, 0.2) is 52.3 Å². The lowest BCUT2D eigenvalue weighted by molar-refractivity contribution is 0.346. The van der Waals surface area contributed by atoms with Crippen LogP contribution in [0.2, 0.25) is 0 Å². The predicted octanol–water partition coefficient (Wildman–Crippen LogP) is 2.96. The maximum absolute atomic E-state index is 13.1. The Balaban J connectivity index is 1.87. The zero-order valence-corrected chi connectivity index (χ0v) is 17.8. The van der Waals surface area contributed by atoms with Crippen LogP contribution in [0.25, 0.3) is 0 Å². The fraction of sp³-hybridized carbons (Fsp3) is 0.400. The highest BCUT2D eigenvalue weighted by Gasteiger charge is 2.28. The number of benzene rings is 2. The lowest BCUT2D eigenvalue weighted by atomic mass is 10.2. The van der Waals surface area contributed by atoms with Crippen LogP contribution in [0.1, 0.15) is 36.0 Å². The molecule has 0 aliphatic carbocycles. The minimum Gasteiger partial charge on any atom is -0.207 e. The van der Waals surface area contributed by atoms with Gasteiger partial charge in [-0.15, -0.1) is 0 Å². The molecule has 0 unspecified atom stereocenters. The Labute approximate surface area is 167 Å². The molecular formula is C20H26N2O4S2. The number of sulfonamides is 2. The van der Waals surface area contributed by atoms with Crippen LogP contribution in [0, 0.1) is 13.8 Å². The van der Waals surface area contributed by atoms with E-state index >= 15 is 0 Å². The highest BCUT2D eigenvalue weighted by atomic mass is 32.2. The number of nitrogens with one attached hydrogen (secondary N) is 1. The molecule has 0 spiro atoms. The molecule has 1 fully saturated rings. The Morgan fingerprint density at radius 3 is 2.29 bits per heavy atom. The summed E-state index contributed by atoms with van der Waals surface area (Å²) in [6, 6.07) is 11.8. The third-order valence-corrected chi connectivity index (χ3v) is 8.53. The second-order valence-corrected chi connectivity index (χ2v) is 10.8. The average molecular weight is 423 g/mol. The van der Waals surface area contributed by atoms with E-state index in [4.69, 9.17) is 0 Å². The largest absolute Gasteiger partial charge is 0.243 e. The standard InChI is InChI=1S/C20H26N2O4S2/c1-16-10-11-17(2)20(14-16)27(23,24)21-15-18-8-4-5-9-19(18)28(25,26)22-12-6-3-7-13-22/h4-5,8-11,14,21H,3,6-7,12-13,15H2,1-2H3. The molecule has 0 radical (unpaired) electrons. The summed E-state index contributed by atoms with van der Waals surface area (Å²) in [5.74, 6) is 0. The SMILES string of the molecule is Cc1ccc(C)c(S(=O)(=O)NCc2ccccc2S(=O)(=O)N2CCCCC2)c1. The molecule has 6 nitrogen and oxygen atoms in total. The molecule has 2 aromatic rings. The lowest BCUT2D eigenvalue weighted by Gasteiger charge is -2.26. The van der Waals surface area contributed by atoms with Crippen molar-refractivity contribution in [2.24, 2.45) is 0 Å². The smallest absolute Gasteiger partial charge is 0.207 e. The van der Waals surface area contributed by atoms with Crippen LogP contribution in [0.5, 0.6) is 0 Å². The van der Waals surface area contributed by atoms with Crippen molar-refractivity contribution in [1.29, 1.82) is 0 Å². The highest BCUT2D eigenvalue weighted by molar-refractivity contribution is 7.89. The Bertz CT molecular complexity index is 1060. The van der Waals surface area contributed by atoms with Crippen LogP contribution in [-0.4, -0.2) is 34.2 Å². The molecule has 1 heterocycles. The van der Waals surface area contributed by atoms with E-state index in [0.29, 0.717) is 24.2 Å². The van der Waals surface area contributed by atoms with E-state index in [2.05, 4.69) is 4.72 Å². The summed E-state index contributed by atoms with van der Waals surface area (Å²) >= 11 is 0. The summed E-state index contributed by atoms with van der Waals surface area (Å²) in [7, 11) is -7.40. The molecule has 1 aliphatic rings. The maximum atomic E-state index is 13.1. The van der Waals surface area contributed by atoms with Crippen molar-refractivity contribution in [1.82, 2.24) is 9.03 Å². The van der Waals surface area contributed by atoms with Crippen molar-refractivity contribution < 1.29 is 16.8 Å². The fourth-order valence-corrected chi connectivity index (χ4v) is 6.47. The molecule has 2 aromatic carbocycles. The zero-order valence-electron chi connectivity index (χ0n) is 16.2. The van der Waals surface area contributed by atoms with E-state index < -0.39 is 20.0 Å². The summed E-state index contributed by atoms with van der Waals surface area (Å²) in [5.41, 5.74) is 1.94. The van der Waals surface area contributed by atoms with Gasteiger partial charge in [-0.05, 0) is 55.5 Å². The normalized spacial score (nSPS) is 16.2. The zero-order chi connectivity index (χ0) is 20.4. The van der Waals surface area contributed by atoms with Gasteiger partial charge in [0.2, 0.25) is 20.0 Å². The summed E-state index contributed by atoms with van der Waals surface area (Å²) in [4.78, 5) is 0.379. The van der Waals surface area contributed by atoms with Crippen molar-refractivity contribution in [2.75, 3.05) is 13.1 Å². The second kappa shape index (κ2) is 8.32. The number of nitrogens with zero attached hydrogens (tertiary/aromatic N) is 1. The molecule has 0 atom stereocenters. The fourth-order valence-electron chi connectivity index (χ4n) is 3.39. The van der Waals surface area contributed by atoms with E-state index in [9.17, 15) is 16.8 Å². The van der Waals surface area contributed by atoms with Crippen molar-refractivity contribution in [2.45, 2.75) is 49.4 Å². The van der Waals surface area contributed by atoms with Gasteiger partial charge in [0.05, 0.1) is 9.79 Å². The van der Waals surface area contributed by atoms with Crippen molar-refractivity contribution >= 4 is 20.0 Å². The van der Waals surface area contributed by atoms with Gasteiger partial charge < -0.3 is 0 Å².